The van der Waals surface area contributed by atoms with E-state index in [-0.39, 0.29) is 0 Å². The molecule has 2 heterocycles. The molecule has 0 aliphatic heterocycles. The minimum atomic E-state index is -5.04. The van der Waals surface area contributed by atoms with Gasteiger partial charge in [0.15, 0.2) is 24.0 Å². The SMILES string of the molecule is CC(Oc1cc(S(=O)(=O)O)cc(S(=O)(=O)O)c1OC(C)n1c(S)ccc1S)n1c(S)ccc1S. The lowest BCUT2D eigenvalue weighted by Gasteiger charge is -2.25. The third-order valence-corrected chi connectivity index (χ3v) is 7.78. The number of hydrogen-bond acceptors (Lipinski definition) is 10. The van der Waals surface area contributed by atoms with Gasteiger partial charge in [0.05, 0.1) is 25.0 Å². The Hall–Kier alpha value is -1.40. The van der Waals surface area contributed by atoms with Crippen LogP contribution in [0.4, 0.5) is 0 Å². The number of rotatable bonds is 8. The molecule has 0 amide bonds. The van der Waals surface area contributed by atoms with Crippen molar-refractivity contribution in [1.29, 1.82) is 0 Å². The Morgan fingerprint density at radius 3 is 1.53 bits per heavy atom. The second-order valence-corrected chi connectivity index (χ2v) is 11.6. The lowest BCUT2D eigenvalue weighted by atomic mass is 10.3. The molecule has 0 saturated heterocycles. The molecule has 2 unspecified atom stereocenters. The fourth-order valence-electron chi connectivity index (χ4n) is 3.16. The van der Waals surface area contributed by atoms with E-state index in [1.54, 1.807) is 38.1 Å². The molecule has 0 radical (unpaired) electrons. The molecular formula is C18H20N2O8S6. The molecule has 0 bridgehead atoms. The quantitative estimate of drug-likeness (QED) is 0.172. The van der Waals surface area contributed by atoms with Crippen molar-refractivity contribution in [2.45, 2.75) is 56.2 Å². The summed E-state index contributed by atoms with van der Waals surface area (Å²) in [6.45, 7) is 3.10. The van der Waals surface area contributed by atoms with Crippen molar-refractivity contribution in [3.05, 3.63) is 36.4 Å². The molecular weight excluding hydrogens is 565 g/mol. The van der Waals surface area contributed by atoms with Gasteiger partial charge in [0.25, 0.3) is 20.2 Å². The number of thiol groups is 4. The average Bonchev–Trinajstić information content (AvgIpc) is 3.21. The first-order valence-electron chi connectivity index (χ1n) is 9.26. The fourth-order valence-corrected chi connectivity index (χ4v) is 5.95. The highest BCUT2D eigenvalue weighted by Crippen LogP contribution is 2.41. The van der Waals surface area contributed by atoms with Gasteiger partial charge in [0.2, 0.25) is 0 Å². The maximum Gasteiger partial charge on any atom is 0.298 e. The Morgan fingerprint density at radius 1 is 0.735 bits per heavy atom. The lowest BCUT2D eigenvalue weighted by molar-refractivity contribution is 0.0982. The van der Waals surface area contributed by atoms with Crippen molar-refractivity contribution in [3.8, 4) is 11.5 Å². The summed E-state index contributed by atoms with van der Waals surface area (Å²) in [7, 11) is -9.94. The summed E-state index contributed by atoms with van der Waals surface area (Å²) in [5.41, 5.74) is 0. The van der Waals surface area contributed by atoms with Crippen LogP contribution in [0, 0.1) is 0 Å². The average molecular weight is 585 g/mol. The van der Waals surface area contributed by atoms with Gasteiger partial charge in [0, 0.05) is 6.07 Å². The zero-order valence-electron chi connectivity index (χ0n) is 17.5. The number of ether oxygens (including phenoxy) is 2. The molecule has 0 fully saturated rings. The number of hydrogen-bond donors (Lipinski definition) is 6. The van der Waals surface area contributed by atoms with Gasteiger partial charge >= 0.3 is 0 Å². The zero-order valence-corrected chi connectivity index (χ0v) is 22.7. The van der Waals surface area contributed by atoms with Crippen molar-refractivity contribution in [2.24, 2.45) is 0 Å². The summed E-state index contributed by atoms with van der Waals surface area (Å²) in [5, 5.41) is 1.76. The van der Waals surface area contributed by atoms with Gasteiger partial charge in [-0.05, 0) is 44.2 Å². The van der Waals surface area contributed by atoms with E-state index in [0.29, 0.717) is 26.2 Å². The van der Waals surface area contributed by atoms with Crippen LogP contribution in [0.1, 0.15) is 26.3 Å². The van der Waals surface area contributed by atoms with Gasteiger partial charge in [-0.1, -0.05) is 0 Å². The predicted molar refractivity (Wildman–Crippen MR) is 135 cm³/mol. The summed E-state index contributed by atoms with van der Waals surface area (Å²) in [4.78, 5) is -1.77. The number of aromatic nitrogens is 2. The van der Waals surface area contributed by atoms with Crippen molar-refractivity contribution < 1.29 is 35.4 Å². The fraction of sp³-hybridized carbons (Fsp3) is 0.222. The Kier molecular flexibility index (Phi) is 7.94. The molecule has 2 atom stereocenters. The van der Waals surface area contributed by atoms with Crippen molar-refractivity contribution >= 4 is 70.8 Å². The topological polar surface area (TPSA) is 137 Å². The van der Waals surface area contributed by atoms with Crippen LogP contribution < -0.4 is 9.47 Å². The normalized spacial score (nSPS) is 14.1. The van der Waals surface area contributed by atoms with E-state index in [0.717, 1.165) is 6.07 Å². The van der Waals surface area contributed by atoms with E-state index in [9.17, 15) is 25.9 Å². The highest BCUT2D eigenvalue weighted by molar-refractivity contribution is 7.86. The second kappa shape index (κ2) is 9.93. The van der Waals surface area contributed by atoms with Crippen LogP contribution >= 0.6 is 50.5 Å². The molecule has 0 spiro atoms. The summed E-state index contributed by atoms with van der Waals surface area (Å²) in [6, 6.07) is 7.97. The highest BCUT2D eigenvalue weighted by atomic mass is 32.2. The van der Waals surface area contributed by atoms with Crippen molar-refractivity contribution in [1.82, 2.24) is 9.13 Å². The van der Waals surface area contributed by atoms with Gasteiger partial charge in [-0.25, -0.2) is 0 Å². The molecule has 10 nitrogen and oxygen atoms in total. The van der Waals surface area contributed by atoms with Crippen LogP contribution in [0.2, 0.25) is 0 Å². The first kappa shape index (κ1) is 27.2. The van der Waals surface area contributed by atoms with Crippen LogP contribution in [0.15, 0.2) is 66.3 Å². The molecule has 186 valence electrons. The van der Waals surface area contributed by atoms with Crippen LogP contribution in [0.25, 0.3) is 0 Å². The summed E-state index contributed by atoms with van der Waals surface area (Å²) in [5.74, 6) is -0.901. The van der Waals surface area contributed by atoms with Gasteiger partial charge < -0.3 is 9.47 Å². The molecule has 3 rings (SSSR count). The Bertz CT molecular complexity index is 1410. The van der Waals surface area contributed by atoms with E-state index in [1.165, 1.54) is 9.13 Å². The van der Waals surface area contributed by atoms with E-state index < -0.39 is 54.0 Å². The van der Waals surface area contributed by atoms with Gasteiger partial charge in [0.1, 0.15) is 4.90 Å². The van der Waals surface area contributed by atoms with Crippen LogP contribution in [-0.4, -0.2) is 35.1 Å². The van der Waals surface area contributed by atoms with Crippen LogP contribution in [0.3, 0.4) is 0 Å². The van der Waals surface area contributed by atoms with Crippen molar-refractivity contribution in [2.75, 3.05) is 0 Å². The standard InChI is InChI=1S/C18H20N2O8S6/c1-9(19-14(29)3-4-15(19)30)27-12-7-11(33(21,22)23)8-13(34(24,25)26)18(12)28-10(2)20-16(31)5-6-17(20)32/h3-10,29-32H,1-2H3,(H,21,22,23)(H,24,25,26). The predicted octanol–water partition coefficient (Wildman–Crippen LogP) is 4.13. The molecule has 16 heteroatoms. The number of benzene rings is 1. The summed E-state index contributed by atoms with van der Waals surface area (Å²) in [6.07, 6.45) is -1.83. The minimum Gasteiger partial charge on any atom is -0.466 e. The van der Waals surface area contributed by atoms with Gasteiger partial charge in [-0.15, -0.1) is 50.5 Å². The first-order valence-corrected chi connectivity index (χ1v) is 13.9. The third kappa shape index (κ3) is 5.70. The minimum absolute atomic E-state index is 0.398. The first-order chi connectivity index (χ1) is 15.6. The van der Waals surface area contributed by atoms with E-state index >= 15 is 0 Å². The second-order valence-electron chi connectivity index (χ2n) is 6.97. The maximum atomic E-state index is 12.2. The Labute approximate surface area is 218 Å². The smallest absolute Gasteiger partial charge is 0.298 e. The molecule has 2 N–H and O–H groups in total. The maximum absolute atomic E-state index is 12.2. The molecule has 2 aromatic heterocycles. The van der Waals surface area contributed by atoms with Crippen molar-refractivity contribution in [3.63, 3.8) is 0 Å². The van der Waals surface area contributed by atoms with Crippen LogP contribution in [0.5, 0.6) is 11.5 Å². The molecule has 3 aromatic rings. The Morgan fingerprint density at radius 2 is 1.15 bits per heavy atom. The van der Waals surface area contributed by atoms with Crippen LogP contribution in [-0.2, 0) is 20.2 Å². The van der Waals surface area contributed by atoms with Gasteiger partial charge in [-0.2, -0.15) is 16.8 Å². The molecule has 0 aliphatic carbocycles. The van der Waals surface area contributed by atoms with E-state index in [1.807, 2.05) is 0 Å². The third-order valence-electron chi connectivity index (χ3n) is 4.63. The highest BCUT2D eigenvalue weighted by Gasteiger charge is 2.29. The molecule has 0 aliphatic rings. The number of nitrogens with zero attached hydrogens (tertiary/aromatic N) is 2. The zero-order chi connectivity index (χ0) is 25.6. The lowest BCUT2D eigenvalue weighted by Crippen LogP contribution is -2.18. The largest absolute Gasteiger partial charge is 0.466 e. The monoisotopic (exact) mass is 584 g/mol. The molecule has 1 aromatic carbocycles. The molecule has 0 saturated carbocycles. The van der Waals surface area contributed by atoms with Gasteiger partial charge in [-0.3, -0.25) is 18.2 Å². The summed E-state index contributed by atoms with van der Waals surface area (Å²) < 4.78 is 82.1. The van der Waals surface area contributed by atoms with E-state index in [2.05, 4.69) is 50.5 Å². The Balaban J connectivity index is 2.22. The molecule has 34 heavy (non-hydrogen) atoms. The summed E-state index contributed by atoms with van der Waals surface area (Å²) >= 11 is 17.2. The van der Waals surface area contributed by atoms with E-state index in [4.69, 9.17) is 9.47 Å².